The van der Waals surface area contributed by atoms with Crippen molar-refractivity contribution in [3.8, 4) is 0 Å². The number of sulfonamides is 1. The van der Waals surface area contributed by atoms with Gasteiger partial charge in [-0.3, -0.25) is 9.10 Å². The lowest BCUT2D eigenvalue weighted by atomic mass is 10.0. The van der Waals surface area contributed by atoms with Crippen LogP contribution < -0.4 is 9.62 Å². The minimum atomic E-state index is -3.77. The number of carbonyl (C=O) groups excluding carboxylic acids is 2. The van der Waals surface area contributed by atoms with Gasteiger partial charge in [0.25, 0.3) is 15.9 Å². The predicted molar refractivity (Wildman–Crippen MR) is 139 cm³/mol. The van der Waals surface area contributed by atoms with Crippen LogP contribution in [-0.4, -0.2) is 52.4 Å². The highest BCUT2D eigenvalue weighted by atomic mass is 32.2. The first kappa shape index (κ1) is 24.5. The Morgan fingerprint density at radius 2 is 1.78 bits per heavy atom. The van der Waals surface area contributed by atoms with E-state index in [2.05, 4.69) is 10.2 Å². The normalized spacial score (nSPS) is 15.7. The molecule has 2 aliphatic rings. The summed E-state index contributed by atoms with van der Waals surface area (Å²) in [7, 11) is -0.431. The molecule has 0 fully saturated rings. The molecule has 0 atom stereocenters. The Hall–Kier alpha value is -3.21. The number of nitrogens with one attached hydrogen (secondary N) is 1. The van der Waals surface area contributed by atoms with Crippen LogP contribution in [0.2, 0.25) is 0 Å². The molecule has 1 amide bonds. The van der Waals surface area contributed by atoms with Crippen molar-refractivity contribution in [2.45, 2.75) is 30.7 Å². The summed E-state index contributed by atoms with van der Waals surface area (Å²) >= 11 is 1.38. The van der Waals surface area contributed by atoms with Gasteiger partial charge in [-0.1, -0.05) is 18.2 Å². The summed E-state index contributed by atoms with van der Waals surface area (Å²) in [6.07, 6.45) is 2.30. The summed E-state index contributed by atoms with van der Waals surface area (Å²) in [5, 5.41) is 3.30. The molecule has 2 aliphatic heterocycles. The number of rotatable bonds is 5. The summed E-state index contributed by atoms with van der Waals surface area (Å²) in [4.78, 5) is 28.9. The molecule has 8 nitrogen and oxygen atoms in total. The molecule has 0 radical (unpaired) electrons. The van der Waals surface area contributed by atoms with E-state index in [1.54, 1.807) is 0 Å². The third-order valence-electron chi connectivity index (χ3n) is 6.64. The molecule has 1 N–H and O–H groups in total. The smallest absolute Gasteiger partial charge is 0.341 e. The molecule has 0 saturated carbocycles. The van der Waals surface area contributed by atoms with E-state index in [0.29, 0.717) is 41.3 Å². The van der Waals surface area contributed by atoms with Gasteiger partial charge >= 0.3 is 5.97 Å². The molecule has 0 spiro atoms. The molecule has 0 bridgehead atoms. The number of aryl methyl sites for hydroxylation is 1. The largest absolute Gasteiger partial charge is 0.465 e. The van der Waals surface area contributed by atoms with E-state index in [1.165, 1.54) is 47.0 Å². The summed E-state index contributed by atoms with van der Waals surface area (Å²) in [5.41, 5.74) is 3.33. The number of methoxy groups -OCH3 is 1. The fourth-order valence-corrected chi connectivity index (χ4v) is 7.62. The Morgan fingerprint density at radius 3 is 2.53 bits per heavy atom. The average Bonchev–Trinajstić information content (AvgIpc) is 3.24. The van der Waals surface area contributed by atoms with Crippen molar-refractivity contribution < 1.29 is 22.7 Å². The van der Waals surface area contributed by atoms with E-state index >= 15 is 0 Å². The molecule has 0 aliphatic carbocycles. The molecule has 0 unspecified atom stereocenters. The predicted octanol–water partition coefficient (Wildman–Crippen LogP) is 3.92. The van der Waals surface area contributed by atoms with Gasteiger partial charge in [-0.15, -0.1) is 11.3 Å². The molecule has 36 heavy (non-hydrogen) atoms. The number of esters is 1. The minimum Gasteiger partial charge on any atom is -0.465 e. The highest BCUT2D eigenvalue weighted by molar-refractivity contribution is 7.92. The molecular weight excluding hydrogens is 498 g/mol. The summed E-state index contributed by atoms with van der Waals surface area (Å²) in [6.45, 7) is 1.93. The number of hydrogen-bond donors (Lipinski definition) is 1. The second-order valence-corrected chi connectivity index (χ2v) is 11.9. The maximum Gasteiger partial charge on any atom is 0.341 e. The topological polar surface area (TPSA) is 96.0 Å². The van der Waals surface area contributed by atoms with Crippen molar-refractivity contribution in [3.05, 3.63) is 75.7 Å². The lowest BCUT2D eigenvalue weighted by Crippen LogP contribution is -2.35. The van der Waals surface area contributed by atoms with E-state index in [1.807, 2.05) is 31.3 Å². The van der Waals surface area contributed by atoms with Gasteiger partial charge in [0, 0.05) is 30.1 Å². The van der Waals surface area contributed by atoms with Gasteiger partial charge < -0.3 is 15.0 Å². The zero-order valence-electron chi connectivity index (χ0n) is 20.1. The average molecular weight is 526 g/mol. The summed E-state index contributed by atoms with van der Waals surface area (Å²) < 4.78 is 33.2. The molecule has 2 aromatic carbocycles. The van der Waals surface area contributed by atoms with Crippen LogP contribution in [0.5, 0.6) is 0 Å². The van der Waals surface area contributed by atoms with Gasteiger partial charge in [0.05, 0.1) is 23.3 Å². The van der Waals surface area contributed by atoms with Gasteiger partial charge in [0.15, 0.2) is 0 Å². The Balaban J connectivity index is 1.39. The quantitative estimate of drug-likeness (QED) is 0.508. The summed E-state index contributed by atoms with van der Waals surface area (Å²) in [5.74, 6) is -0.894. The van der Waals surface area contributed by atoms with E-state index in [9.17, 15) is 18.0 Å². The molecule has 10 heteroatoms. The van der Waals surface area contributed by atoms with Crippen molar-refractivity contribution >= 4 is 43.9 Å². The van der Waals surface area contributed by atoms with Gasteiger partial charge in [-0.2, -0.15) is 0 Å². The number of thiophene rings is 1. The van der Waals surface area contributed by atoms with Gasteiger partial charge in [0.1, 0.15) is 5.00 Å². The standard InChI is InChI=1S/C26H27N3O5S2/c1-28-15-13-20-22(16-28)35-25(23(20)26(31)34-2)27-24(30)18-9-11-19(12-10-18)36(32,33)29-14-5-7-17-6-3-4-8-21(17)29/h3-4,6,8-12H,5,7,13-16H2,1-2H3,(H,27,30). The Bertz CT molecular complexity index is 1430. The van der Waals surface area contributed by atoms with Crippen LogP contribution in [0.15, 0.2) is 53.4 Å². The first-order chi connectivity index (χ1) is 17.3. The van der Waals surface area contributed by atoms with Crippen molar-refractivity contribution in [1.82, 2.24) is 4.90 Å². The van der Waals surface area contributed by atoms with Crippen molar-refractivity contribution in [3.63, 3.8) is 0 Å². The monoisotopic (exact) mass is 525 g/mol. The number of hydrogen-bond acceptors (Lipinski definition) is 7. The van der Waals surface area contributed by atoms with Crippen LogP contribution in [0.25, 0.3) is 0 Å². The second-order valence-electron chi connectivity index (χ2n) is 8.98. The lowest BCUT2D eigenvalue weighted by molar-refractivity contribution is 0.0600. The van der Waals surface area contributed by atoms with E-state index < -0.39 is 21.9 Å². The zero-order valence-corrected chi connectivity index (χ0v) is 21.7. The fourth-order valence-electron chi connectivity index (χ4n) is 4.77. The molecular formula is C26H27N3O5S2. The third kappa shape index (κ3) is 4.40. The SMILES string of the molecule is COC(=O)c1c(NC(=O)c2ccc(S(=O)(=O)N3CCCc4ccccc43)cc2)sc2c1CCN(C)C2. The van der Waals surface area contributed by atoms with Crippen molar-refractivity contribution in [2.75, 3.05) is 36.9 Å². The van der Waals surface area contributed by atoms with Crippen LogP contribution in [0.3, 0.4) is 0 Å². The maximum atomic E-state index is 13.4. The van der Waals surface area contributed by atoms with Gasteiger partial charge in [-0.25, -0.2) is 13.2 Å². The van der Waals surface area contributed by atoms with Crippen LogP contribution in [0.1, 0.15) is 43.1 Å². The summed E-state index contributed by atoms with van der Waals surface area (Å²) in [6, 6.07) is 13.4. The second kappa shape index (κ2) is 9.68. The lowest BCUT2D eigenvalue weighted by Gasteiger charge is -2.30. The van der Waals surface area contributed by atoms with E-state index in [0.717, 1.165) is 35.4 Å². The van der Waals surface area contributed by atoms with Gasteiger partial charge in [-0.05, 0) is 67.8 Å². The van der Waals surface area contributed by atoms with E-state index in [-0.39, 0.29) is 4.90 Å². The maximum absolute atomic E-state index is 13.4. The highest BCUT2D eigenvalue weighted by Gasteiger charge is 2.30. The Labute approximate surface area is 214 Å². The van der Waals surface area contributed by atoms with Crippen molar-refractivity contribution in [2.24, 2.45) is 0 Å². The first-order valence-corrected chi connectivity index (χ1v) is 14.0. The number of nitrogens with zero attached hydrogens (tertiary/aromatic N) is 2. The minimum absolute atomic E-state index is 0.126. The van der Waals surface area contributed by atoms with Crippen molar-refractivity contribution in [1.29, 1.82) is 0 Å². The van der Waals surface area contributed by atoms with E-state index in [4.69, 9.17) is 4.74 Å². The Morgan fingerprint density at radius 1 is 1.03 bits per heavy atom. The number of ether oxygens (including phenoxy) is 1. The Kier molecular flexibility index (Phi) is 6.59. The molecule has 3 heterocycles. The first-order valence-electron chi connectivity index (χ1n) is 11.7. The molecule has 3 aromatic rings. The number of para-hydroxylation sites is 1. The van der Waals surface area contributed by atoms with Crippen LogP contribution in [0, 0.1) is 0 Å². The number of fused-ring (bicyclic) bond motifs is 2. The zero-order chi connectivity index (χ0) is 25.4. The number of carbonyl (C=O) groups is 2. The third-order valence-corrected chi connectivity index (χ3v) is 9.60. The van der Waals surface area contributed by atoms with Gasteiger partial charge in [0.2, 0.25) is 0 Å². The fraction of sp³-hybridized carbons (Fsp3) is 0.308. The number of amides is 1. The highest BCUT2D eigenvalue weighted by Crippen LogP contribution is 2.38. The molecule has 188 valence electrons. The number of likely N-dealkylation sites (N-methyl/N-ethyl adjacent to an activating group) is 1. The number of anilines is 2. The van der Waals surface area contributed by atoms with Crippen LogP contribution in [-0.2, 0) is 34.1 Å². The molecule has 1 aromatic heterocycles. The molecule has 5 rings (SSSR count). The molecule has 0 saturated heterocycles. The van der Waals surface area contributed by atoms with Crippen LogP contribution in [0.4, 0.5) is 10.7 Å². The number of benzene rings is 2. The van der Waals surface area contributed by atoms with Crippen LogP contribution >= 0.6 is 11.3 Å².